The second-order valence-electron chi connectivity index (χ2n) is 4.96. The smallest absolute Gasteiger partial charge is 0.401 e. The maximum Gasteiger partial charge on any atom is 0.401 e. The molecule has 2 N–H and O–H groups in total. The molecule has 1 aliphatic rings. The van der Waals surface area contributed by atoms with Crippen molar-refractivity contribution in [3.05, 3.63) is 0 Å². The summed E-state index contributed by atoms with van der Waals surface area (Å²) in [6.45, 7) is 0.346. The number of amides is 2. The van der Waals surface area contributed by atoms with Gasteiger partial charge in [0, 0.05) is 39.1 Å². The number of alkyl halides is 3. The lowest BCUT2D eigenvalue weighted by atomic mass is 10.2. The van der Waals surface area contributed by atoms with Gasteiger partial charge in [0.1, 0.15) is 0 Å². The van der Waals surface area contributed by atoms with E-state index in [2.05, 4.69) is 5.32 Å². The van der Waals surface area contributed by atoms with Crippen molar-refractivity contribution in [2.45, 2.75) is 25.4 Å². The van der Waals surface area contributed by atoms with Gasteiger partial charge in [-0.15, -0.1) is 0 Å². The molecule has 1 heterocycles. The average Bonchev–Trinajstić information content (AvgIpc) is 2.36. The molecule has 6 nitrogen and oxygen atoms in total. The van der Waals surface area contributed by atoms with Crippen LogP contribution in [0.3, 0.4) is 0 Å². The highest BCUT2D eigenvalue weighted by atomic mass is 19.4. The van der Waals surface area contributed by atoms with Crippen LogP contribution in [-0.4, -0.2) is 72.4 Å². The Kier molecular flexibility index (Phi) is 6.73. The van der Waals surface area contributed by atoms with Crippen LogP contribution in [0.2, 0.25) is 0 Å². The summed E-state index contributed by atoms with van der Waals surface area (Å²) in [4.78, 5) is 24.8. The Hall–Kier alpha value is -1.51. The van der Waals surface area contributed by atoms with Gasteiger partial charge in [-0.05, 0) is 12.8 Å². The van der Waals surface area contributed by atoms with Crippen LogP contribution in [0, 0.1) is 0 Å². The van der Waals surface area contributed by atoms with Gasteiger partial charge in [0.15, 0.2) is 0 Å². The molecule has 0 aromatic rings. The fraction of sp³-hybridized carbons (Fsp3) is 0.833. The Morgan fingerprint density at radius 1 is 1.10 bits per heavy atom. The van der Waals surface area contributed by atoms with E-state index < -0.39 is 18.7 Å². The van der Waals surface area contributed by atoms with Crippen molar-refractivity contribution in [2.75, 3.05) is 39.3 Å². The Balaban J connectivity index is 2.15. The summed E-state index contributed by atoms with van der Waals surface area (Å²) in [7, 11) is 0. The lowest BCUT2D eigenvalue weighted by Gasteiger charge is -2.34. The number of halogens is 3. The number of rotatable bonds is 6. The number of carbonyl (C=O) groups excluding carboxylic acids is 1. The highest BCUT2D eigenvalue weighted by molar-refractivity contribution is 5.74. The first-order valence-corrected chi connectivity index (χ1v) is 6.81. The van der Waals surface area contributed by atoms with Crippen LogP contribution in [0.4, 0.5) is 18.0 Å². The standard InChI is InChI=1S/C12H20F3N3O3/c13-12(14,15)9-17-5-7-18(8-6-17)11(21)16-4-2-1-3-10(19)20/h1-9H2,(H,16,21)(H,19,20). The molecule has 0 aromatic heterocycles. The molecular weight excluding hydrogens is 291 g/mol. The number of carbonyl (C=O) groups is 2. The molecule has 2 amide bonds. The number of piperazine rings is 1. The van der Waals surface area contributed by atoms with E-state index in [0.29, 0.717) is 19.4 Å². The summed E-state index contributed by atoms with van der Waals surface area (Å²) in [5, 5.41) is 11.1. The fourth-order valence-corrected chi connectivity index (χ4v) is 2.07. The van der Waals surface area contributed by atoms with Crippen molar-refractivity contribution in [3.8, 4) is 0 Å². The van der Waals surface area contributed by atoms with Gasteiger partial charge >= 0.3 is 18.2 Å². The lowest BCUT2D eigenvalue weighted by Crippen LogP contribution is -2.53. The fourth-order valence-electron chi connectivity index (χ4n) is 2.07. The number of hydrogen-bond donors (Lipinski definition) is 2. The van der Waals surface area contributed by atoms with Crippen LogP contribution in [0.15, 0.2) is 0 Å². The number of hydrogen-bond acceptors (Lipinski definition) is 3. The van der Waals surface area contributed by atoms with E-state index in [9.17, 15) is 22.8 Å². The first-order valence-electron chi connectivity index (χ1n) is 6.81. The van der Waals surface area contributed by atoms with Crippen LogP contribution < -0.4 is 5.32 Å². The molecule has 0 unspecified atom stereocenters. The summed E-state index contributed by atoms with van der Waals surface area (Å²) >= 11 is 0. The number of urea groups is 1. The Labute approximate surface area is 120 Å². The van der Waals surface area contributed by atoms with Crippen LogP contribution >= 0.6 is 0 Å². The quantitative estimate of drug-likeness (QED) is 0.721. The van der Waals surface area contributed by atoms with Crippen molar-refractivity contribution >= 4 is 12.0 Å². The summed E-state index contributed by atoms with van der Waals surface area (Å²) in [6, 6.07) is -0.308. The molecule has 0 spiro atoms. The van der Waals surface area contributed by atoms with E-state index in [1.54, 1.807) is 0 Å². The summed E-state index contributed by atoms with van der Waals surface area (Å²) in [5.74, 6) is -0.873. The molecule has 1 aliphatic heterocycles. The van der Waals surface area contributed by atoms with Crippen LogP contribution in [0.5, 0.6) is 0 Å². The topological polar surface area (TPSA) is 72.9 Å². The number of unbranched alkanes of at least 4 members (excludes halogenated alkanes) is 1. The molecular formula is C12H20F3N3O3. The van der Waals surface area contributed by atoms with Crippen LogP contribution in [0.1, 0.15) is 19.3 Å². The maximum atomic E-state index is 12.2. The van der Waals surface area contributed by atoms with Crippen LogP contribution in [0.25, 0.3) is 0 Å². The maximum absolute atomic E-state index is 12.2. The molecule has 122 valence electrons. The van der Waals surface area contributed by atoms with Gasteiger partial charge in [0.05, 0.1) is 6.54 Å². The average molecular weight is 311 g/mol. The normalized spacial score (nSPS) is 16.8. The molecule has 0 radical (unpaired) electrons. The lowest BCUT2D eigenvalue weighted by molar-refractivity contribution is -0.148. The predicted molar refractivity (Wildman–Crippen MR) is 69.0 cm³/mol. The first kappa shape index (κ1) is 17.5. The van der Waals surface area contributed by atoms with Gasteiger partial charge in [-0.3, -0.25) is 9.69 Å². The molecule has 0 bridgehead atoms. The minimum atomic E-state index is -4.21. The highest BCUT2D eigenvalue weighted by Gasteiger charge is 2.32. The summed E-state index contributed by atoms with van der Waals surface area (Å²) in [5.41, 5.74) is 0. The Morgan fingerprint density at radius 2 is 1.71 bits per heavy atom. The number of nitrogens with one attached hydrogen (secondary N) is 1. The molecule has 1 fully saturated rings. The summed E-state index contributed by atoms with van der Waals surface area (Å²) < 4.78 is 36.6. The monoisotopic (exact) mass is 311 g/mol. The van der Waals surface area contributed by atoms with E-state index in [-0.39, 0.29) is 38.6 Å². The van der Waals surface area contributed by atoms with E-state index in [1.807, 2.05) is 0 Å². The van der Waals surface area contributed by atoms with E-state index in [0.717, 1.165) is 0 Å². The summed E-state index contributed by atoms with van der Waals surface area (Å²) in [6.07, 6.45) is -3.11. The van der Waals surface area contributed by atoms with Crippen molar-refractivity contribution < 1.29 is 27.9 Å². The minimum Gasteiger partial charge on any atom is -0.481 e. The largest absolute Gasteiger partial charge is 0.481 e. The van der Waals surface area contributed by atoms with Gasteiger partial charge in [-0.2, -0.15) is 13.2 Å². The minimum absolute atomic E-state index is 0.0615. The first-order chi connectivity index (χ1) is 9.78. The molecule has 1 saturated heterocycles. The van der Waals surface area contributed by atoms with Gasteiger partial charge < -0.3 is 15.3 Å². The highest BCUT2D eigenvalue weighted by Crippen LogP contribution is 2.17. The van der Waals surface area contributed by atoms with E-state index in [4.69, 9.17) is 5.11 Å². The van der Waals surface area contributed by atoms with Crippen molar-refractivity contribution in [1.82, 2.24) is 15.1 Å². The third kappa shape index (κ3) is 7.74. The second kappa shape index (κ2) is 8.06. The Bertz CT molecular complexity index is 355. The number of carboxylic acids is 1. The third-order valence-electron chi connectivity index (χ3n) is 3.16. The van der Waals surface area contributed by atoms with Gasteiger partial charge in [-0.25, -0.2) is 4.79 Å². The van der Waals surface area contributed by atoms with Crippen molar-refractivity contribution in [1.29, 1.82) is 0 Å². The van der Waals surface area contributed by atoms with Crippen molar-refractivity contribution in [2.24, 2.45) is 0 Å². The molecule has 0 aromatic carbocycles. The zero-order chi connectivity index (χ0) is 15.9. The van der Waals surface area contributed by atoms with E-state index in [1.165, 1.54) is 9.80 Å². The van der Waals surface area contributed by atoms with Crippen LogP contribution in [-0.2, 0) is 4.79 Å². The molecule has 0 saturated carbocycles. The molecule has 0 atom stereocenters. The van der Waals surface area contributed by atoms with Gasteiger partial charge in [-0.1, -0.05) is 0 Å². The second-order valence-corrected chi connectivity index (χ2v) is 4.96. The Morgan fingerprint density at radius 3 is 2.24 bits per heavy atom. The zero-order valence-corrected chi connectivity index (χ0v) is 11.7. The molecule has 21 heavy (non-hydrogen) atoms. The van der Waals surface area contributed by atoms with Gasteiger partial charge in [0.2, 0.25) is 0 Å². The third-order valence-corrected chi connectivity index (χ3v) is 3.16. The zero-order valence-electron chi connectivity index (χ0n) is 11.7. The molecule has 9 heteroatoms. The molecule has 1 rings (SSSR count). The van der Waals surface area contributed by atoms with Gasteiger partial charge in [0.25, 0.3) is 0 Å². The number of aliphatic carboxylic acids is 1. The number of carboxylic acid groups (broad SMARTS) is 1. The molecule has 0 aliphatic carbocycles. The number of nitrogens with zero attached hydrogens (tertiary/aromatic N) is 2. The SMILES string of the molecule is O=C(O)CCCCNC(=O)N1CCN(CC(F)(F)F)CC1. The van der Waals surface area contributed by atoms with Crippen molar-refractivity contribution in [3.63, 3.8) is 0 Å². The predicted octanol–water partition coefficient (Wildman–Crippen LogP) is 1.13. The van der Waals surface area contributed by atoms with E-state index >= 15 is 0 Å².